The summed E-state index contributed by atoms with van der Waals surface area (Å²) in [5.41, 5.74) is 7.86. The van der Waals surface area contributed by atoms with Crippen LogP contribution in [0.2, 0.25) is 0 Å². The molecule has 7 rings (SSSR count). The fourth-order valence-electron chi connectivity index (χ4n) is 7.34. The van der Waals surface area contributed by atoms with Gasteiger partial charge >= 0.3 is 0 Å². The maximum Gasteiger partial charge on any atom is 0.258 e. The van der Waals surface area contributed by atoms with Gasteiger partial charge in [-0.25, -0.2) is 4.39 Å². The van der Waals surface area contributed by atoms with E-state index in [1.807, 2.05) is 29.1 Å². The number of likely N-dealkylation sites (N-methyl/N-ethyl adjacent to an activating group) is 1. The zero-order valence-corrected chi connectivity index (χ0v) is 29.8. The number of thiophene rings is 1. The summed E-state index contributed by atoms with van der Waals surface area (Å²) in [6.45, 7) is 8.44. The largest absolute Gasteiger partial charge is 0.369 e. The molecule has 3 saturated heterocycles. The average molecular weight is 713 g/mol. The number of fused-ring (bicyclic) bond motifs is 2. The number of carbonyl (C=O) groups is 3. The Morgan fingerprint density at radius 1 is 1.08 bits per heavy atom. The number of aromatic nitrogens is 1. The number of primary amides is 1. The maximum atomic E-state index is 13.4. The van der Waals surface area contributed by atoms with Crippen molar-refractivity contribution in [2.24, 2.45) is 17.6 Å². The quantitative estimate of drug-likeness (QED) is 0.291. The van der Waals surface area contributed by atoms with Crippen LogP contribution in [0.4, 0.5) is 10.1 Å². The van der Waals surface area contributed by atoms with Crippen LogP contribution >= 0.6 is 19.7 Å². The summed E-state index contributed by atoms with van der Waals surface area (Å²) in [5.74, 6) is -0.142. The SMILES string of the molecule is CC[C@@H](C(=O)N1CC(c2cnccc2N2CCN(C)CC2)C1)N1CCC2CC2CCC1=O.NC(=O)c1cc2cc(C(F)P(O)O)ccc2s1. The van der Waals surface area contributed by atoms with Gasteiger partial charge in [-0.05, 0) is 79.8 Å². The Balaban J connectivity index is 0.000000207. The van der Waals surface area contributed by atoms with E-state index in [4.69, 9.17) is 15.5 Å². The topological polar surface area (TPSA) is 144 Å². The van der Waals surface area contributed by atoms with E-state index in [0.29, 0.717) is 29.0 Å². The fourth-order valence-corrected chi connectivity index (χ4v) is 8.66. The number of anilines is 1. The first-order valence-electron chi connectivity index (χ1n) is 17.1. The van der Waals surface area contributed by atoms with Gasteiger partial charge in [0, 0.05) is 86.5 Å². The molecule has 14 heteroatoms. The summed E-state index contributed by atoms with van der Waals surface area (Å²) in [5, 5.41) is 0.667. The third kappa shape index (κ3) is 8.07. The lowest BCUT2D eigenvalue weighted by atomic mass is 9.89. The average Bonchev–Trinajstić information content (AvgIpc) is 3.66. The van der Waals surface area contributed by atoms with Crippen molar-refractivity contribution in [2.45, 2.75) is 56.9 Å². The van der Waals surface area contributed by atoms with Gasteiger partial charge in [-0.1, -0.05) is 13.0 Å². The fraction of sp³-hybridized carbons (Fsp3) is 0.543. The molecule has 3 unspecified atom stereocenters. The van der Waals surface area contributed by atoms with Crippen LogP contribution in [0.25, 0.3) is 10.1 Å². The van der Waals surface area contributed by atoms with Gasteiger partial charge in [0.05, 0.1) is 4.88 Å². The van der Waals surface area contributed by atoms with Crippen LogP contribution in [0.3, 0.4) is 0 Å². The van der Waals surface area contributed by atoms with Gasteiger partial charge in [0.1, 0.15) is 6.04 Å². The number of piperazine rings is 1. The molecular formula is C35H46FN6O5PS. The highest BCUT2D eigenvalue weighted by atomic mass is 32.1. The number of halogens is 1. The first-order chi connectivity index (χ1) is 23.5. The number of alkyl halides is 1. The van der Waals surface area contributed by atoms with Gasteiger partial charge in [0.25, 0.3) is 5.91 Å². The van der Waals surface area contributed by atoms with Gasteiger partial charge in [-0.3, -0.25) is 19.4 Å². The number of hydrogen-bond acceptors (Lipinski definition) is 9. The standard InChI is InChI=1S/C25H37N5O2.C10H9FNO3PS/c1-3-22(30-9-7-19-14-18(19)4-5-24(30)31)25(32)29-16-20(17-29)21-15-26-8-6-23(21)28-12-10-27(2)11-13-28;11-9(16(14)15)5-1-2-7-6(3-5)4-8(17-7)10(12)13/h6,8,15,18-20,22H,3-5,7,9-14,16-17H2,1-2H3;1-4,9,14-15H,(H2,12,13)/t18?,19?,22-;/m0./s1. The van der Waals surface area contributed by atoms with Gasteiger partial charge in [-0.2, -0.15) is 0 Å². The minimum atomic E-state index is -2.65. The summed E-state index contributed by atoms with van der Waals surface area (Å²) in [7, 11) is -0.483. The van der Waals surface area contributed by atoms with Crippen molar-refractivity contribution < 1.29 is 28.6 Å². The zero-order chi connectivity index (χ0) is 34.8. The van der Waals surface area contributed by atoms with Crippen LogP contribution in [0.5, 0.6) is 0 Å². The summed E-state index contributed by atoms with van der Waals surface area (Å²) >= 11 is 1.22. The molecule has 4 aliphatic rings. The lowest BCUT2D eigenvalue weighted by molar-refractivity contribution is -0.149. The molecule has 4 fully saturated rings. The van der Waals surface area contributed by atoms with Crippen LogP contribution in [-0.2, 0) is 9.59 Å². The number of likely N-dealkylation sites (tertiary alicyclic amines) is 2. The van der Waals surface area contributed by atoms with Gasteiger partial charge in [0.2, 0.25) is 20.2 Å². The number of nitrogens with zero attached hydrogens (tertiary/aromatic N) is 5. The maximum absolute atomic E-state index is 13.4. The number of rotatable bonds is 8. The molecule has 1 aliphatic carbocycles. The first kappa shape index (κ1) is 35.6. The Labute approximate surface area is 291 Å². The molecule has 49 heavy (non-hydrogen) atoms. The second-order valence-corrected chi connectivity index (χ2v) is 15.9. The Kier molecular flexibility index (Phi) is 11.2. The number of benzene rings is 1. The van der Waals surface area contributed by atoms with E-state index in [1.54, 1.807) is 12.1 Å². The molecule has 4 atom stereocenters. The highest BCUT2D eigenvalue weighted by Gasteiger charge is 2.43. The molecular weight excluding hydrogens is 666 g/mol. The summed E-state index contributed by atoms with van der Waals surface area (Å²) in [6, 6.07) is 7.98. The Hall–Kier alpha value is -3.22. The minimum Gasteiger partial charge on any atom is -0.369 e. The number of carbonyl (C=O) groups excluding carboxylic acids is 3. The first-order valence-corrected chi connectivity index (χ1v) is 19.3. The molecule has 5 heterocycles. The third-order valence-electron chi connectivity index (χ3n) is 10.5. The van der Waals surface area contributed by atoms with Crippen molar-refractivity contribution in [3.05, 3.63) is 58.7 Å². The van der Waals surface area contributed by atoms with Crippen LogP contribution in [0.15, 0.2) is 42.7 Å². The minimum absolute atomic E-state index is 0.134. The molecule has 2 aromatic heterocycles. The van der Waals surface area contributed by atoms with Crippen LogP contribution in [0, 0.1) is 11.8 Å². The molecule has 0 spiro atoms. The second-order valence-electron chi connectivity index (χ2n) is 13.7. The van der Waals surface area contributed by atoms with E-state index >= 15 is 0 Å². The van der Waals surface area contributed by atoms with Gasteiger partial charge in [0.15, 0.2) is 5.91 Å². The predicted molar refractivity (Wildman–Crippen MR) is 190 cm³/mol. The van der Waals surface area contributed by atoms with E-state index in [2.05, 4.69) is 27.9 Å². The number of pyridine rings is 1. The molecule has 0 radical (unpaired) electrons. The Morgan fingerprint density at radius 3 is 2.51 bits per heavy atom. The molecule has 3 aliphatic heterocycles. The van der Waals surface area contributed by atoms with Crippen LogP contribution in [0.1, 0.15) is 71.7 Å². The number of amides is 3. The summed E-state index contributed by atoms with van der Waals surface area (Å²) in [4.78, 5) is 68.3. The molecule has 0 bridgehead atoms. The van der Waals surface area contributed by atoms with Crippen LogP contribution in [-0.4, -0.2) is 106 Å². The highest BCUT2D eigenvalue weighted by molar-refractivity contribution is 7.45. The molecule has 11 nitrogen and oxygen atoms in total. The van der Waals surface area contributed by atoms with E-state index in [-0.39, 0.29) is 23.4 Å². The Bertz CT molecular complexity index is 1660. The second kappa shape index (κ2) is 15.3. The monoisotopic (exact) mass is 712 g/mol. The van der Waals surface area contributed by atoms with Gasteiger partial charge < -0.3 is 35.1 Å². The van der Waals surface area contributed by atoms with Crippen molar-refractivity contribution in [1.82, 2.24) is 19.7 Å². The van der Waals surface area contributed by atoms with E-state index in [0.717, 1.165) is 75.2 Å². The van der Waals surface area contributed by atoms with Gasteiger partial charge in [-0.15, -0.1) is 11.3 Å². The van der Waals surface area contributed by atoms with Crippen molar-refractivity contribution in [2.75, 3.05) is 57.8 Å². The molecule has 4 N–H and O–H groups in total. The van der Waals surface area contributed by atoms with Crippen LogP contribution < -0.4 is 10.6 Å². The van der Waals surface area contributed by atoms with E-state index < -0.39 is 20.2 Å². The number of nitrogens with two attached hydrogens (primary N) is 1. The van der Waals surface area contributed by atoms with Crippen molar-refractivity contribution >= 4 is 53.2 Å². The molecule has 3 amide bonds. The Morgan fingerprint density at radius 2 is 1.82 bits per heavy atom. The van der Waals surface area contributed by atoms with Crippen molar-refractivity contribution in [1.29, 1.82) is 0 Å². The lowest BCUT2D eigenvalue weighted by Gasteiger charge is -2.44. The summed E-state index contributed by atoms with van der Waals surface area (Å²) < 4.78 is 14.2. The predicted octanol–water partition coefficient (Wildman–Crippen LogP) is 4.45. The normalized spacial score (nSPS) is 22.8. The molecule has 264 valence electrons. The molecule has 1 saturated carbocycles. The van der Waals surface area contributed by atoms with E-state index in [9.17, 15) is 18.8 Å². The zero-order valence-electron chi connectivity index (χ0n) is 28.1. The smallest absolute Gasteiger partial charge is 0.258 e. The summed E-state index contributed by atoms with van der Waals surface area (Å²) in [6.07, 6.45) is 8.52. The highest BCUT2D eigenvalue weighted by Crippen LogP contribution is 2.47. The van der Waals surface area contributed by atoms with E-state index in [1.165, 1.54) is 41.1 Å². The lowest BCUT2D eigenvalue weighted by Crippen LogP contribution is -2.57. The van der Waals surface area contributed by atoms with Crippen molar-refractivity contribution in [3.8, 4) is 0 Å². The molecule has 3 aromatic rings. The molecule has 1 aromatic carbocycles. The third-order valence-corrected chi connectivity index (χ3v) is 12.3. The number of hydrogen-bond donors (Lipinski definition) is 3. The van der Waals surface area contributed by atoms with Crippen molar-refractivity contribution in [3.63, 3.8) is 0 Å².